The van der Waals surface area contributed by atoms with Crippen LogP contribution in [0.4, 0.5) is 17.1 Å². The molecule has 2 aliphatic heterocycles. The van der Waals surface area contributed by atoms with Gasteiger partial charge in [-0.15, -0.1) is 0 Å². The maximum absolute atomic E-state index is 13.8. The van der Waals surface area contributed by atoms with Crippen LogP contribution in [0.15, 0.2) is 120 Å². The number of hydrogen-bond donors (Lipinski definition) is 0. The second-order valence-electron chi connectivity index (χ2n) is 11.6. The van der Waals surface area contributed by atoms with Gasteiger partial charge in [-0.1, -0.05) is 104 Å². The Morgan fingerprint density at radius 3 is 1.91 bits per heavy atom. The van der Waals surface area contributed by atoms with Crippen molar-refractivity contribution in [2.45, 2.75) is 58.3 Å². The van der Waals surface area contributed by atoms with Crippen molar-refractivity contribution in [1.29, 1.82) is 0 Å². The molecule has 242 valence electrons. The van der Waals surface area contributed by atoms with E-state index in [0.29, 0.717) is 17.9 Å². The van der Waals surface area contributed by atoms with Crippen molar-refractivity contribution in [2.24, 2.45) is 4.99 Å². The van der Waals surface area contributed by atoms with Gasteiger partial charge in [-0.05, 0) is 82.3 Å². The van der Waals surface area contributed by atoms with Crippen LogP contribution in [0.1, 0.15) is 63.9 Å². The van der Waals surface area contributed by atoms with Crippen LogP contribution in [0.5, 0.6) is 0 Å². The summed E-state index contributed by atoms with van der Waals surface area (Å²) in [6.45, 7) is 5.87. The molecular weight excluding hydrogens is 588 g/mol. The number of halogens is 1. The summed E-state index contributed by atoms with van der Waals surface area (Å²) in [4.78, 5) is 25.4. The molecule has 0 atom stereocenters. The second kappa shape index (κ2) is 19.6. The largest absolute Gasteiger partial charge is 0.353 e. The van der Waals surface area contributed by atoms with E-state index in [4.69, 9.17) is 16.6 Å². The van der Waals surface area contributed by atoms with E-state index < -0.39 is 0 Å². The summed E-state index contributed by atoms with van der Waals surface area (Å²) in [6.07, 6.45) is 33.3. The zero-order chi connectivity index (χ0) is 32.4. The highest BCUT2D eigenvalue weighted by Gasteiger charge is 2.30. The number of benzene rings is 2. The highest BCUT2D eigenvalue weighted by Crippen LogP contribution is 2.42. The number of carbonyl (C=O) groups is 1. The summed E-state index contributed by atoms with van der Waals surface area (Å²) in [6, 6.07) is 13.7. The highest BCUT2D eigenvalue weighted by atomic mass is 35.5. The molecule has 2 heterocycles. The Balaban J connectivity index is 1.27. The monoisotopic (exact) mass is 636 g/mol. The minimum Gasteiger partial charge on any atom is -0.353 e. The number of hydrogen-bond acceptors (Lipinski definition) is 4. The van der Waals surface area contributed by atoms with Gasteiger partial charge in [0.05, 0.1) is 17.1 Å². The number of allylic oxidation sites excluding steroid dienone is 12. The van der Waals surface area contributed by atoms with Crippen LogP contribution >= 0.6 is 11.6 Å². The third-order valence-electron chi connectivity index (χ3n) is 7.96. The first-order chi connectivity index (χ1) is 22.6. The average molecular weight is 637 g/mol. The van der Waals surface area contributed by atoms with E-state index in [2.05, 4.69) is 103 Å². The van der Waals surface area contributed by atoms with E-state index in [9.17, 15) is 4.79 Å². The zero-order valence-electron chi connectivity index (χ0n) is 27.5. The Bertz CT molecular complexity index is 1470. The van der Waals surface area contributed by atoms with Gasteiger partial charge in [0, 0.05) is 43.2 Å². The molecule has 2 aromatic rings. The molecule has 5 nitrogen and oxygen atoms in total. The predicted molar refractivity (Wildman–Crippen MR) is 198 cm³/mol. The van der Waals surface area contributed by atoms with Gasteiger partial charge in [0.1, 0.15) is 5.84 Å². The van der Waals surface area contributed by atoms with E-state index >= 15 is 0 Å². The van der Waals surface area contributed by atoms with Gasteiger partial charge in [-0.2, -0.15) is 0 Å². The van der Waals surface area contributed by atoms with Gasteiger partial charge >= 0.3 is 0 Å². The second-order valence-corrected chi connectivity index (χ2v) is 12.0. The molecule has 0 radical (unpaired) electrons. The fraction of sp³-hybridized carbons (Fsp3) is 0.350. The molecular formula is C40H49ClN4O. The minimum absolute atomic E-state index is 0.0466. The number of aliphatic imine (C=N–C) groups is 1. The Labute approximate surface area is 281 Å². The molecule has 0 aromatic heterocycles. The molecule has 0 N–H and O–H groups in total. The van der Waals surface area contributed by atoms with Crippen molar-refractivity contribution in [3.8, 4) is 0 Å². The SMILES string of the molecule is CCC=CCC=CCC=CCC=CCC=CCC=CCCC(=O)N1c2ccc(Cl)cc2N=C(N2CCN(C)CC2)c2ccccc21. The summed E-state index contributed by atoms with van der Waals surface area (Å²) in [5, 5.41) is 0.608. The number of amides is 1. The molecule has 0 saturated carbocycles. The summed E-state index contributed by atoms with van der Waals surface area (Å²) in [5.74, 6) is 0.949. The average Bonchev–Trinajstić information content (AvgIpc) is 3.20. The van der Waals surface area contributed by atoms with Crippen molar-refractivity contribution in [1.82, 2.24) is 9.80 Å². The molecule has 2 aliphatic rings. The molecule has 0 aliphatic carbocycles. The molecule has 0 unspecified atom stereocenters. The molecule has 2 aromatic carbocycles. The standard InChI is InChI=1S/C40H49ClN4O/c1-3-4-5-6-7-8-9-10-11-12-13-14-15-16-17-18-19-20-21-26-39(46)45-37-25-23-22-24-35(37)40(44-31-29-43(2)30-32-44)42-36-33-34(41)27-28-38(36)45/h4-5,7-8,10-11,13-14,16-17,19-20,22-25,27-28,33H,3,6,9,12,15,18,21,26,29-32H2,1-2H3. The van der Waals surface area contributed by atoms with Crippen molar-refractivity contribution in [2.75, 3.05) is 38.1 Å². The van der Waals surface area contributed by atoms with E-state index in [0.717, 1.165) is 93.2 Å². The number of likely N-dealkylation sites (N-methyl/N-ethyl adjacent to an activating group) is 1. The lowest BCUT2D eigenvalue weighted by atomic mass is 10.1. The van der Waals surface area contributed by atoms with Crippen molar-refractivity contribution >= 4 is 40.4 Å². The number of carbonyl (C=O) groups excluding carboxylic acids is 1. The Morgan fingerprint density at radius 2 is 1.30 bits per heavy atom. The minimum atomic E-state index is 0.0466. The molecule has 46 heavy (non-hydrogen) atoms. The Kier molecular flexibility index (Phi) is 14.9. The lowest BCUT2D eigenvalue weighted by molar-refractivity contribution is -0.117. The van der Waals surface area contributed by atoms with Gasteiger partial charge in [-0.3, -0.25) is 9.69 Å². The van der Waals surface area contributed by atoms with Crippen LogP contribution in [0.2, 0.25) is 5.02 Å². The van der Waals surface area contributed by atoms with Crippen LogP contribution in [-0.2, 0) is 4.79 Å². The maximum Gasteiger partial charge on any atom is 0.231 e. The number of anilines is 2. The van der Waals surface area contributed by atoms with Crippen LogP contribution in [-0.4, -0.2) is 54.8 Å². The summed E-state index contributed by atoms with van der Waals surface area (Å²) >= 11 is 6.43. The number of rotatable bonds is 14. The Hall–Kier alpha value is -3.93. The molecule has 0 spiro atoms. The van der Waals surface area contributed by atoms with Gasteiger partial charge < -0.3 is 9.80 Å². The topological polar surface area (TPSA) is 39.2 Å². The van der Waals surface area contributed by atoms with Crippen LogP contribution in [0.3, 0.4) is 0 Å². The van der Waals surface area contributed by atoms with Crippen LogP contribution < -0.4 is 4.90 Å². The normalized spacial score (nSPS) is 16.0. The van der Waals surface area contributed by atoms with E-state index in [1.165, 1.54) is 0 Å². The quantitative estimate of drug-likeness (QED) is 0.194. The van der Waals surface area contributed by atoms with Crippen molar-refractivity contribution in [3.63, 3.8) is 0 Å². The summed E-state index contributed by atoms with van der Waals surface area (Å²) in [7, 11) is 2.15. The number of fused-ring (bicyclic) bond motifs is 2. The fourth-order valence-corrected chi connectivity index (χ4v) is 5.59. The van der Waals surface area contributed by atoms with Gasteiger partial charge in [0.15, 0.2) is 0 Å². The molecule has 0 bridgehead atoms. The van der Waals surface area contributed by atoms with E-state index in [-0.39, 0.29) is 5.91 Å². The fourth-order valence-electron chi connectivity index (χ4n) is 5.42. The summed E-state index contributed by atoms with van der Waals surface area (Å²) < 4.78 is 0. The molecule has 1 amide bonds. The van der Waals surface area contributed by atoms with Crippen LogP contribution in [0.25, 0.3) is 0 Å². The number of nitrogens with zero attached hydrogens (tertiary/aromatic N) is 4. The van der Waals surface area contributed by atoms with Gasteiger partial charge in [-0.25, -0.2) is 4.99 Å². The van der Waals surface area contributed by atoms with Crippen molar-refractivity contribution in [3.05, 3.63) is 126 Å². The smallest absolute Gasteiger partial charge is 0.231 e. The lowest BCUT2D eigenvalue weighted by Gasteiger charge is -2.35. The van der Waals surface area contributed by atoms with Crippen molar-refractivity contribution < 1.29 is 4.79 Å². The summed E-state index contributed by atoms with van der Waals surface area (Å²) in [5.41, 5.74) is 3.34. The molecule has 1 saturated heterocycles. The zero-order valence-corrected chi connectivity index (χ0v) is 28.3. The lowest BCUT2D eigenvalue weighted by Crippen LogP contribution is -2.47. The number of para-hydroxylation sites is 1. The van der Waals surface area contributed by atoms with Gasteiger partial charge in [0.2, 0.25) is 5.91 Å². The molecule has 1 fully saturated rings. The first kappa shape index (κ1) is 34.9. The van der Waals surface area contributed by atoms with E-state index in [1.807, 2.05) is 41.3 Å². The predicted octanol–water partition coefficient (Wildman–Crippen LogP) is 10.1. The first-order valence-corrected chi connectivity index (χ1v) is 17.1. The number of piperazine rings is 1. The molecule has 4 rings (SSSR count). The van der Waals surface area contributed by atoms with E-state index in [1.54, 1.807) is 0 Å². The third kappa shape index (κ3) is 10.9. The highest BCUT2D eigenvalue weighted by molar-refractivity contribution is 6.31. The number of amidine groups is 1. The molecule has 6 heteroatoms. The maximum atomic E-state index is 13.8. The Morgan fingerprint density at radius 1 is 0.739 bits per heavy atom. The first-order valence-electron chi connectivity index (χ1n) is 16.7. The van der Waals surface area contributed by atoms with Gasteiger partial charge in [0.25, 0.3) is 0 Å². The van der Waals surface area contributed by atoms with Crippen LogP contribution in [0, 0.1) is 0 Å². The third-order valence-corrected chi connectivity index (χ3v) is 8.20.